The molecule has 1 amide bonds. The highest BCUT2D eigenvalue weighted by molar-refractivity contribution is 5.98. The highest BCUT2D eigenvalue weighted by atomic mass is 16.2. The van der Waals surface area contributed by atoms with E-state index in [0.717, 1.165) is 40.1 Å². The molecule has 6 heteroatoms. The molecule has 1 N–H and O–H groups in total. The molecule has 0 bridgehead atoms. The van der Waals surface area contributed by atoms with Crippen molar-refractivity contribution >= 4 is 16.8 Å². The highest BCUT2D eigenvalue weighted by Crippen LogP contribution is 2.24. The zero-order chi connectivity index (χ0) is 20.4. The first-order chi connectivity index (χ1) is 14.0. The number of aromatic amines is 1. The average Bonchev–Trinajstić information content (AvgIpc) is 3.17. The molecule has 0 atom stereocenters. The number of nitrogens with zero attached hydrogens (tertiary/aromatic N) is 4. The molecule has 0 saturated carbocycles. The third-order valence-corrected chi connectivity index (χ3v) is 4.88. The lowest BCUT2D eigenvalue weighted by Gasteiger charge is -2.08. The Balaban J connectivity index is 1.69. The SMILES string of the molecule is CCc1cc(Cc2nccc(-c3ccccn3)n2)cc2cc(C(=O)N(C)C)[nH]c12. The smallest absolute Gasteiger partial charge is 0.269 e. The summed E-state index contributed by atoms with van der Waals surface area (Å²) < 4.78 is 0. The van der Waals surface area contributed by atoms with Crippen LogP contribution in [0.15, 0.2) is 54.9 Å². The van der Waals surface area contributed by atoms with Gasteiger partial charge in [-0.15, -0.1) is 0 Å². The number of H-pyrrole nitrogens is 1. The largest absolute Gasteiger partial charge is 0.350 e. The normalized spacial score (nSPS) is 11.0. The van der Waals surface area contributed by atoms with E-state index in [0.29, 0.717) is 12.1 Å². The van der Waals surface area contributed by atoms with Crippen molar-refractivity contribution in [3.63, 3.8) is 0 Å². The summed E-state index contributed by atoms with van der Waals surface area (Å²) in [5.74, 6) is 0.714. The summed E-state index contributed by atoms with van der Waals surface area (Å²) in [6.45, 7) is 2.12. The summed E-state index contributed by atoms with van der Waals surface area (Å²) >= 11 is 0. The number of carbonyl (C=O) groups is 1. The minimum Gasteiger partial charge on any atom is -0.350 e. The van der Waals surface area contributed by atoms with Crippen LogP contribution in [0.1, 0.15) is 34.4 Å². The molecule has 0 radical (unpaired) electrons. The maximum absolute atomic E-state index is 12.3. The standard InChI is InChI=1S/C23H23N5O/c1-4-16-11-15(12-17-14-20(27-22(16)17)23(29)28(2)3)13-21-25-10-8-19(26-21)18-7-5-6-9-24-18/h5-12,14,27H,4,13H2,1-3H3. The van der Waals surface area contributed by atoms with Crippen molar-refractivity contribution in [2.24, 2.45) is 0 Å². The summed E-state index contributed by atoms with van der Waals surface area (Å²) in [7, 11) is 3.51. The second kappa shape index (κ2) is 7.83. The Labute approximate surface area is 169 Å². The Bertz CT molecular complexity index is 1160. The van der Waals surface area contributed by atoms with E-state index >= 15 is 0 Å². The summed E-state index contributed by atoms with van der Waals surface area (Å²) in [5.41, 5.74) is 5.56. The maximum Gasteiger partial charge on any atom is 0.269 e. The fourth-order valence-corrected chi connectivity index (χ4v) is 3.45. The highest BCUT2D eigenvalue weighted by Gasteiger charge is 2.14. The topological polar surface area (TPSA) is 74.8 Å². The molecule has 4 aromatic rings. The van der Waals surface area contributed by atoms with Gasteiger partial charge in [-0.25, -0.2) is 9.97 Å². The van der Waals surface area contributed by atoms with E-state index in [1.807, 2.05) is 30.3 Å². The zero-order valence-corrected chi connectivity index (χ0v) is 16.8. The molecule has 0 unspecified atom stereocenters. The van der Waals surface area contributed by atoms with Gasteiger partial charge in [0.2, 0.25) is 0 Å². The molecule has 0 spiro atoms. The number of nitrogens with one attached hydrogen (secondary N) is 1. The second-order valence-electron chi connectivity index (χ2n) is 7.21. The van der Waals surface area contributed by atoms with Crippen LogP contribution in [-0.4, -0.2) is 44.8 Å². The van der Waals surface area contributed by atoms with Crippen LogP contribution in [0.4, 0.5) is 0 Å². The van der Waals surface area contributed by atoms with Gasteiger partial charge < -0.3 is 9.88 Å². The predicted octanol–water partition coefficient (Wildman–Crippen LogP) is 3.87. The van der Waals surface area contributed by atoms with Gasteiger partial charge in [0.1, 0.15) is 11.5 Å². The van der Waals surface area contributed by atoms with Gasteiger partial charge in [0.25, 0.3) is 5.91 Å². The fraction of sp³-hybridized carbons (Fsp3) is 0.217. The number of hydrogen-bond acceptors (Lipinski definition) is 4. The Morgan fingerprint density at radius 3 is 2.62 bits per heavy atom. The van der Waals surface area contributed by atoms with Crippen molar-refractivity contribution in [1.82, 2.24) is 24.8 Å². The van der Waals surface area contributed by atoms with Gasteiger partial charge in [0.15, 0.2) is 0 Å². The molecule has 1 aromatic carbocycles. The number of hydrogen-bond donors (Lipinski definition) is 1. The Kier molecular flexibility index (Phi) is 5.08. The predicted molar refractivity (Wildman–Crippen MR) is 114 cm³/mol. The molecular weight excluding hydrogens is 362 g/mol. The molecule has 6 nitrogen and oxygen atoms in total. The third-order valence-electron chi connectivity index (χ3n) is 4.88. The van der Waals surface area contributed by atoms with Crippen molar-refractivity contribution in [3.05, 3.63) is 77.5 Å². The molecule has 0 aliphatic heterocycles. The number of carbonyl (C=O) groups excluding carboxylic acids is 1. The molecule has 29 heavy (non-hydrogen) atoms. The molecule has 0 aliphatic rings. The van der Waals surface area contributed by atoms with Crippen LogP contribution < -0.4 is 0 Å². The Morgan fingerprint density at radius 2 is 1.90 bits per heavy atom. The zero-order valence-electron chi connectivity index (χ0n) is 16.8. The first-order valence-corrected chi connectivity index (χ1v) is 9.64. The number of amides is 1. The molecule has 0 aliphatic carbocycles. The lowest BCUT2D eigenvalue weighted by molar-refractivity contribution is 0.0823. The van der Waals surface area contributed by atoms with E-state index in [1.165, 1.54) is 5.56 Å². The summed E-state index contributed by atoms with van der Waals surface area (Å²) in [6, 6.07) is 13.8. The van der Waals surface area contributed by atoms with E-state index in [4.69, 9.17) is 0 Å². The van der Waals surface area contributed by atoms with Gasteiger partial charge in [0.05, 0.1) is 11.4 Å². The van der Waals surface area contributed by atoms with Crippen LogP contribution in [0.5, 0.6) is 0 Å². The van der Waals surface area contributed by atoms with E-state index in [2.05, 4.69) is 39.0 Å². The third kappa shape index (κ3) is 3.87. The average molecular weight is 385 g/mol. The fourth-order valence-electron chi connectivity index (χ4n) is 3.45. The first-order valence-electron chi connectivity index (χ1n) is 9.64. The van der Waals surface area contributed by atoms with Gasteiger partial charge in [-0.05, 0) is 47.9 Å². The molecule has 3 heterocycles. The molecular formula is C23H23N5O. The van der Waals surface area contributed by atoms with Crippen LogP contribution in [0, 0.1) is 0 Å². The van der Waals surface area contributed by atoms with Crippen LogP contribution in [0.2, 0.25) is 0 Å². The van der Waals surface area contributed by atoms with Gasteiger partial charge in [-0.3, -0.25) is 9.78 Å². The van der Waals surface area contributed by atoms with Crippen LogP contribution in [0.3, 0.4) is 0 Å². The van der Waals surface area contributed by atoms with Gasteiger partial charge >= 0.3 is 0 Å². The lowest BCUT2D eigenvalue weighted by Crippen LogP contribution is -2.21. The lowest BCUT2D eigenvalue weighted by atomic mass is 10.0. The van der Waals surface area contributed by atoms with E-state index in [1.54, 1.807) is 31.4 Å². The Morgan fingerprint density at radius 1 is 1.03 bits per heavy atom. The minimum atomic E-state index is -0.0313. The van der Waals surface area contributed by atoms with E-state index in [-0.39, 0.29) is 5.91 Å². The number of aryl methyl sites for hydroxylation is 1. The van der Waals surface area contributed by atoms with Crippen LogP contribution in [-0.2, 0) is 12.8 Å². The summed E-state index contributed by atoms with van der Waals surface area (Å²) in [5, 5.41) is 1.03. The number of aromatic nitrogens is 4. The van der Waals surface area contributed by atoms with Crippen molar-refractivity contribution in [3.8, 4) is 11.4 Å². The summed E-state index contributed by atoms with van der Waals surface area (Å²) in [6.07, 6.45) is 5.02. The van der Waals surface area contributed by atoms with Crippen molar-refractivity contribution in [2.75, 3.05) is 14.1 Å². The quantitative estimate of drug-likeness (QED) is 0.566. The second-order valence-corrected chi connectivity index (χ2v) is 7.21. The van der Waals surface area contributed by atoms with Crippen LogP contribution in [0.25, 0.3) is 22.3 Å². The number of fused-ring (bicyclic) bond motifs is 1. The van der Waals surface area contributed by atoms with Gasteiger partial charge in [-0.1, -0.05) is 19.1 Å². The van der Waals surface area contributed by atoms with E-state index in [9.17, 15) is 4.79 Å². The summed E-state index contributed by atoms with van der Waals surface area (Å²) in [4.78, 5) is 30.7. The van der Waals surface area contributed by atoms with E-state index < -0.39 is 0 Å². The molecule has 0 fully saturated rings. The molecule has 3 aromatic heterocycles. The van der Waals surface area contributed by atoms with Gasteiger partial charge in [-0.2, -0.15) is 0 Å². The van der Waals surface area contributed by atoms with Crippen molar-refractivity contribution in [1.29, 1.82) is 0 Å². The monoisotopic (exact) mass is 385 g/mol. The Hall–Kier alpha value is -3.54. The maximum atomic E-state index is 12.3. The van der Waals surface area contributed by atoms with Crippen molar-refractivity contribution < 1.29 is 4.79 Å². The molecule has 4 rings (SSSR count). The van der Waals surface area contributed by atoms with Crippen molar-refractivity contribution in [2.45, 2.75) is 19.8 Å². The first kappa shape index (κ1) is 18.8. The number of pyridine rings is 1. The van der Waals surface area contributed by atoms with Gasteiger partial charge in [0, 0.05) is 43.8 Å². The molecule has 146 valence electrons. The number of benzene rings is 1. The number of rotatable bonds is 5. The molecule has 0 saturated heterocycles. The minimum absolute atomic E-state index is 0.0313. The van der Waals surface area contributed by atoms with Crippen LogP contribution >= 0.6 is 0 Å².